The lowest BCUT2D eigenvalue weighted by molar-refractivity contribution is -0.387. The second-order valence-corrected chi connectivity index (χ2v) is 6.40. The highest BCUT2D eigenvalue weighted by Crippen LogP contribution is 2.27. The highest BCUT2D eigenvalue weighted by Gasteiger charge is 2.34. The van der Waals surface area contributed by atoms with E-state index in [0.717, 1.165) is 0 Å². The van der Waals surface area contributed by atoms with E-state index in [1.54, 1.807) is 0 Å². The van der Waals surface area contributed by atoms with Crippen LogP contribution in [0.2, 0.25) is 0 Å². The molecule has 110 valence electrons. The Morgan fingerprint density at radius 1 is 1.45 bits per heavy atom. The van der Waals surface area contributed by atoms with E-state index in [1.165, 1.54) is 28.6 Å². The Bertz CT molecular complexity index is 602. The number of hydrogen-bond acceptors (Lipinski definition) is 5. The molecule has 0 aliphatic carbocycles. The summed E-state index contributed by atoms with van der Waals surface area (Å²) in [7, 11) is -3.87. The van der Waals surface area contributed by atoms with Crippen molar-refractivity contribution in [1.29, 1.82) is 0 Å². The maximum atomic E-state index is 12.5. The minimum atomic E-state index is -3.87. The Morgan fingerprint density at radius 2 is 2.15 bits per heavy atom. The van der Waals surface area contributed by atoms with E-state index < -0.39 is 20.6 Å². The lowest BCUT2D eigenvalue weighted by Gasteiger charge is -2.31. The number of para-hydroxylation sites is 1. The Kier molecular flexibility index (Phi) is 4.36. The molecular formula is C12H16N2O5S. The Labute approximate surface area is 117 Å². The summed E-state index contributed by atoms with van der Waals surface area (Å²) in [6.45, 7) is 2.65. The molecule has 1 unspecified atom stereocenters. The predicted octanol–water partition coefficient (Wildman–Crippen LogP) is 1.39. The van der Waals surface area contributed by atoms with Crippen molar-refractivity contribution in [3.8, 4) is 0 Å². The maximum Gasteiger partial charge on any atom is 0.289 e. The van der Waals surface area contributed by atoms with Gasteiger partial charge in [0.05, 0.1) is 17.6 Å². The molecule has 1 aliphatic heterocycles. The summed E-state index contributed by atoms with van der Waals surface area (Å²) in [6.07, 6.45) is 0.532. The molecule has 0 bridgehead atoms. The molecule has 1 aliphatic rings. The fourth-order valence-corrected chi connectivity index (χ4v) is 3.74. The van der Waals surface area contributed by atoms with Crippen LogP contribution in [0.4, 0.5) is 5.69 Å². The summed E-state index contributed by atoms with van der Waals surface area (Å²) in [5, 5.41) is 11.0. The molecule has 20 heavy (non-hydrogen) atoms. The number of morpholine rings is 1. The van der Waals surface area contributed by atoms with Crippen molar-refractivity contribution in [1.82, 2.24) is 4.31 Å². The Morgan fingerprint density at radius 3 is 2.80 bits per heavy atom. The number of sulfonamides is 1. The lowest BCUT2D eigenvalue weighted by Crippen LogP contribution is -2.45. The van der Waals surface area contributed by atoms with Gasteiger partial charge in [-0.25, -0.2) is 8.42 Å². The van der Waals surface area contributed by atoms with Crippen molar-refractivity contribution >= 4 is 15.7 Å². The standard InChI is InChI=1S/C12H16N2O5S/c1-2-10-9-13(7-8-19-10)20(17,18)12-6-4-3-5-11(12)14(15)16/h3-6,10H,2,7-9H2,1H3. The largest absolute Gasteiger partial charge is 0.375 e. The average Bonchev–Trinajstić information content (AvgIpc) is 2.47. The van der Waals surface area contributed by atoms with Gasteiger partial charge >= 0.3 is 0 Å². The minimum absolute atomic E-state index is 0.165. The van der Waals surface area contributed by atoms with Gasteiger partial charge in [-0.05, 0) is 12.5 Å². The first-order valence-corrected chi connectivity index (χ1v) is 7.76. The van der Waals surface area contributed by atoms with Gasteiger partial charge in [-0.3, -0.25) is 10.1 Å². The van der Waals surface area contributed by atoms with Crippen LogP contribution in [0.5, 0.6) is 0 Å². The van der Waals surface area contributed by atoms with Gasteiger partial charge in [-0.1, -0.05) is 19.1 Å². The molecule has 2 rings (SSSR count). The van der Waals surface area contributed by atoms with E-state index in [4.69, 9.17) is 4.74 Å². The molecule has 8 heteroatoms. The van der Waals surface area contributed by atoms with E-state index in [9.17, 15) is 18.5 Å². The second kappa shape index (κ2) is 5.86. The van der Waals surface area contributed by atoms with Gasteiger partial charge in [-0.15, -0.1) is 0 Å². The van der Waals surface area contributed by atoms with Crippen LogP contribution in [0.1, 0.15) is 13.3 Å². The van der Waals surface area contributed by atoms with E-state index in [-0.39, 0.29) is 24.1 Å². The zero-order valence-corrected chi connectivity index (χ0v) is 11.9. The van der Waals surface area contributed by atoms with Gasteiger partial charge in [0.1, 0.15) is 0 Å². The maximum absolute atomic E-state index is 12.5. The number of nitro benzene ring substituents is 1. The van der Waals surface area contributed by atoms with Crippen LogP contribution < -0.4 is 0 Å². The SMILES string of the molecule is CCC1CN(S(=O)(=O)c2ccccc2[N+](=O)[O-])CCO1. The number of nitro groups is 1. The summed E-state index contributed by atoms with van der Waals surface area (Å²) < 4.78 is 31.8. The first-order valence-electron chi connectivity index (χ1n) is 6.32. The van der Waals surface area contributed by atoms with Gasteiger partial charge in [-0.2, -0.15) is 4.31 Å². The molecule has 0 amide bonds. The van der Waals surface area contributed by atoms with E-state index in [2.05, 4.69) is 0 Å². The first kappa shape index (κ1) is 14.9. The van der Waals surface area contributed by atoms with Crippen LogP contribution in [-0.4, -0.2) is 43.4 Å². The van der Waals surface area contributed by atoms with Gasteiger partial charge in [0.2, 0.25) is 10.0 Å². The van der Waals surface area contributed by atoms with Crippen LogP contribution in [0, 0.1) is 10.1 Å². The van der Waals surface area contributed by atoms with Gasteiger partial charge in [0, 0.05) is 19.2 Å². The fourth-order valence-electron chi connectivity index (χ4n) is 2.12. The Hall–Kier alpha value is -1.51. The van der Waals surface area contributed by atoms with Crippen LogP contribution in [0.3, 0.4) is 0 Å². The molecule has 0 spiro atoms. The molecule has 1 fully saturated rings. The zero-order chi connectivity index (χ0) is 14.8. The summed E-state index contributed by atoms with van der Waals surface area (Å²) in [4.78, 5) is 10.0. The van der Waals surface area contributed by atoms with E-state index >= 15 is 0 Å². The van der Waals surface area contributed by atoms with Crippen LogP contribution in [-0.2, 0) is 14.8 Å². The molecule has 0 N–H and O–H groups in total. The summed E-state index contributed by atoms with van der Waals surface area (Å²) in [5.74, 6) is 0. The van der Waals surface area contributed by atoms with Crippen LogP contribution in [0.25, 0.3) is 0 Å². The molecule has 1 saturated heterocycles. The number of rotatable bonds is 4. The molecule has 1 aromatic rings. The molecule has 0 aromatic heterocycles. The topological polar surface area (TPSA) is 89.8 Å². The average molecular weight is 300 g/mol. The minimum Gasteiger partial charge on any atom is -0.375 e. The number of hydrogen-bond donors (Lipinski definition) is 0. The van der Waals surface area contributed by atoms with Crippen LogP contribution in [0.15, 0.2) is 29.2 Å². The predicted molar refractivity (Wildman–Crippen MR) is 71.9 cm³/mol. The monoisotopic (exact) mass is 300 g/mol. The van der Waals surface area contributed by atoms with Gasteiger partial charge in [0.15, 0.2) is 4.90 Å². The van der Waals surface area contributed by atoms with Crippen molar-refractivity contribution in [3.63, 3.8) is 0 Å². The molecule has 1 atom stereocenters. The normalized spacial score (nSPS) is 20.8. The third-order valence-electron chi connectivity index (χ3n) is 3.24. The quantitative estimate of drug-likeness (QED) is 0.619. The van der Waals surface area contributed by atoms with E-state index in [0.29, 0.717) is 13.0 Å². The van der Waals surface area contributed by atoms with Gasteiger partial charge in [0.25, 0.3) is 5.69 Å². The number of benzene rings is 1. The van der Waals surface area contributed by atoms with Crippen molar-refractivity contribution < 1.29 is 18.1 Å². The lowest BCUT2D eigenvalue weighted by atomic mass is 10.2. The molecule has 0 saturated carbocycles. The summed E-state index contributed by atoms with van der Waals surface area (Å²) in [6, 6.07) is 5.40. The van der Waals surface area contributed by atoms with Crippen molar-refractivity contribution in [3.05, 3.63) is 34.4 Å². The van der Waals surface area contributed by atoms with E-state index in [1.807, 2.05) is 6.92 Å². The zero-order valence-electron chi connectivity index (χ0n) is 11.1. The Balaban J connectivity index is 2.38. The second-order valence-electron chi connectivity index (χ2n) is 4.49. The molecule has 0 radical (unpaired) electrons. The third kappa shape index (κ3) is 2.82. The molecule has 1 aromatic carbocycles. The highest BCUT2D eigenvalue weighted by atomic mass is 32.2. The third-order valence-corrected chi connectivity index (χ3v) is 5.15. The van der Waals surface area contributed by atoms with Crippen molar-refractivity contribution in [2.75, 3.05) is 19.7 Å². The fraction of sp³-hybridized carbons (Fsp3) is 0.500. The van der Waals surface area contributed by atoms with Crippen molar-refractivity contribution in [2.45, 2.75) is 24.3 Å². The highest BCUT2D eigenvalue weighted by molar-refractivity contribution is 7.89. The van der Waals surface area contributed by atoms with Gasteiger partial charge < -0.3 is 4.74 Å². The molecular weight excluding hydrogens is 284 g/mol. The molecule has 7 nitrogen and oxygen atoms in total. The first-order chi connectivity index (χ1) is 9.46. The number of nitrogens with zero attached hydrogens (tertiary/aromatic N) is 2. The number of ether oxygens (including phenoxy) is 1. The summed E-state index contributed by atoms with van der Waals surface area (Å²) >= 11 is 0. The molecule has 1 heterocycles. The summed E-state index contributed by atoms with van der Waals surface area (Å²) in [5.41, 5.74) is -0.396. The smallest absolute Gasteiger partial charge is 0.289 e. The van der Waals surface area contributed by atoms with Crippen LogP contribution >= 0.6 is 0 Å². The van der Waals surface area contributed by atoms with Crippen molar-refractivity contribution in [2.24, 2.45) is 0 Å².